The van der Waals surface area contributed by atoms with E-state index in [0.29, 0.717) is 29.2 Å². The number of amides is 1. The highest BCUT2D eigenvalue weighted by atomic mass is 35.5. The molecule has 0 aliphatic heterocycles. The van der Waals surface area contributed by atoms with Gasteiger partial charge in [-0.2, -0.15) is 0 Å². The molecular formula is C13H12ClFN2O2. The lowest BCUT2D eigenvalue weighted by Gasteiger charge is -2.00. The maximum Gasteiger partial charge on any atom is 0.404 e. The Morgan fingerprint density at radius 2 is 2.21 bits per heavy atom. The molecule has 0 atom stereocenters. The Balaban J connectivity index is 2.10. The number of carbonyl (C=O) groups is 1. The average molecular weight is 283 g/mol. The zero-order valence-electron chi connectivity index (χ0n) is 9.91. The number of rotatable bonds is 4. The minimum absolute atomic E-state index is 0.315. The molecule has 0 fully saturated rings. The summed E-state index contributed by atoms with van der Waals surface area (Å²) in [6.07, 6.45) is 1.21. The fraction of sp³-hybridized carbons (Fsp3) is 0.154. The van der Waals surface area contributed by atoms with Gasteiger partial charge in [0, 0.05) is 29.0 Å². The largest absolute Gasteiger partial charge is 0.465 e. The van der Waals surface area contributed by atoms with E-state index in [9.17, 15) is 9.18 Å². The first-order valence-electron chi connectivity index (χ1n) is 5.66. The molecule has 0 aliphatic carbocycles. The third kappa shape index (κ3) is 3.48. The molecule has 0 aliphatic rings. The van der Waals surface area contributed by atoms with Gasteiger partial charge in [-0.3, -0.25) is 0 Å². The summed E-state index contributed by atoms with van der Waals surface area (Å²) in [5.41, 5.74) is 1.97. The molecule has 1 heterocycles. The van der Waals surface area contributed by atoms with Gasteiger partial charge in [0.2, 0.25) is 0 Å². The van der Waals surface area contributed by atoms with E-state index >= 15 is 0 Å². The molecule has 19 heavy (non-hydrogen) atoms. The van der Waals surface area contributed by atoms with Crippen molar-refractivity contribution in [3.63, 3.8) is 0 Å². The van der Waals surface area contributed by atoms with Crippen LogP contribution < -0.4 is 5.32 Å². The Hall–Kier alpha value is -2.01. The zero-order valence-corrected chi connectivity index (χ0v) is 10.7. The van der Waals surface area contributed by atoms with Gasteiger partial charge in [0.1, 0.15) is 5.82 Å². The standard InChI is InChI=1S/C13H12ClFN2O2/c14-9-1-2-10(11(15)6-9)12-5-8(7-17-12)3-4-16-13(18)19/h1-2,5-7,16-17H,3-4H2,(H,18,19). The normalized spacial score (nSPS) is 10.4. The number of H-pyrrole nitrogens is 1. The second-order valence-electron chi connectivity index (χ2n) is 4.03. The summed E-state index contributed by atoms with van der Waals surface area (Å²) in [4.78, 5) is 13.3. The van der Waals surface area contributed by atoms with Gasteiger partial charge < -0.3 is 15.4 Å². The fourth-order valence-electron chi connectivity index (χ4n) is 1.76. The third-order valence-corrected chi connectivity index (χ3v) is 2.89. The minimum atomic E-state index is -1.06. The molecule has 3 N–H and O–H groups in total. The van der Waals surface area contributed by atoms with Gasteiger partial charge in [-0.05, 0) is 36.2 Å². The van der Waals surface area contributed by atoms with Crippen molar-refractivity contribution in [1.29, 1.82) is 0 Å². The van der Waals surface area contributed by atoms with Gasteiger partial charge in [0.15, 0.2) is 0 Å². The van der Waals surface area contributed by atoms with Crippen molar-refractivity contribution in [2.75, 3.05) is 6.54 Å². The van der Waals surface area contributed by atoms with Crippen LogP contribution in [-0.4, -0.2) is 22.7 Å². The average Bonchev–Trinajstić information content (AvgIpc) is 2.77. The zero-order chi connectivity index (χ0) is 13.8. The van der Waals surface area contributed by atoms with Gasteiger partial charge >= 0.3 is 6.09 Å². The van der Waals surface area contributed by atoms with Crippen LogP contribution in [0, 0.1) is 5.82 Å². The van der Waals surface area contributed by atoms with E-state index in [-0.39, 0.29) is 0 Å². The molecule has 2 rings (SSSR count). The van der Waals surface area contributed by atoms with Crippen molar-refractivity contribution in [2.45, 2.75) is 6.42 Å². The summed E-state index contributed by atoms with van der Waals surface area (Å²) in [5.74, 6) is -0.399. The van der Waals surface area contributed by atoms with Crippen LogP contribution in [0.3, 0.4) is 0 Å². The van der Waals surface area contributed by atoms with Gasteiger partial charge in [-0.25, -0.2) is 9.18 Å². The maximum absolute atomic E-state index is 13.7. The number of hydrogen-bond donors (Lipinski definition) is 3. The Labute approximate surface area is 114 Å². The number of halogens is 2. The highest BCUT2D eigenvalue weighted by Crippen LogP contribution is 2.25. The highest BCUT2D eigenvalue weighted by molar-refractivity contribution is 6.30. The molecule has 1 amide bonds. The Morgan fingerprint density at radius 1 is 1.42 bits per heavy atom. The minimum Gasteiger partial charge on any atom is -0.465 e. The first-order chi connectivity index (χ1) is 9.06. The second kappa shape index (κ2) is 5.75. The number of aromatic amines is 1. The topological polar surface area (TPSA) is 65.1 Å². The highest BCUT2D eigenvalue weighted by Gasteiger charge is 2.08. The molecule has 100 valence electrons. The summed E-state index contributed by atoms with van der Waals surface area (Å²) in [7, 11) is 0. The van der Waals surface area contributed by atoms with Crippen molar-refractivity contribution < 1.29 is 14.3 Å². The predicted molar refractivity (Wildman–Crippen MR) is 70.9 cm³/mol. The molecule has 0 radical (unpaired) electrons. The Kier molecular flexibility index (Phi) is 4.06. The SMILES string of the molecule is O=C(O)NCCc1c[nH]c(-c2ccc(Cl)cc2F)c1. The Bertz CT molecular complexity index is 598. The number of benzene rings is 1. The van der Waals surface area contributed by atoms with Crippen molar-refractivity contribution in [3.8, 4) is 11.3 Å². The Morgan fingerprint density at radius 3 is 2.89 bits per heavy atom. The van der Waals surface area contributed by atoms with Gasteiger partial charge in [-0.15, -0.1) is 0 Å². The van der Waals surface area contributed by atoms with Crippen LogP contribution in [0.4, 0.5) is 9.18 Å². The van der Waals surface area contributed by atoms with Crippen LogP contribution >= 0.6 is 11.6 Å². The summed E-state index contributed by atoms with van der Waals surface area (Å²) in [6, 6.07) is 6.26. The van der Waals surface area contributed by atoms with Gasteiger partial charge in [-0.1, -0.05) is 11.6 Å². The van der Waals surface area contributed by atoms with E-state index in [4.69, 9.17) is 16.7 Å². The van der Waals surface area contributed by atoms with Crippen molar-refractivity contribution in [1.82, 2.24) is 10.3 Å². The molecule has 0 bridgehead atoms. The van der Waals surface area contributed by atoms with Crippen molar-refractivity contribution >= 4 is 17.7 Å². The quantitative estimate of drug-likeness (QED) is 0.806. The number of hydrogen-bond acceptors (Lipinski definition) is 1. The van der Waals surface area contributed by atoms with E-state index in [0.717, 1.165) is 5.56 Å². The molecule has 0 saturated carbocycles. The summed E-state index contributed by atoms with van der Waals surface area (Å²) in [6.45, 7) is 0.315. The summed E-state index contributed by atoms with van der Waals surface area (Å²) < 4.78 is 13.7. The van der Waals surface area contributed by atoms with Crippen LogP contribution in [0.15, 0.2) is 30.5 Å². The lowest BCUT2D eigenvalue weighted by molar-refractivity contribution is 0.194. The van der Waals surface area contributed by atoms with Crippen molar-refractivity contribution in [3.05, 3.63) is 46.9 Å². The first-order valence-corrected chi connectivity index (χ1v) is 6.03. The van der Waals surface area contributed by atoms with E-state index in [1.807, 2.05) is 0 Å². The maximum atomic E-state index is 13.7. The van der Waals surface area contributed by atoms with Crippen LogP contribution in [0.1, 0.15) is 5.56 Å². The van der Waals surface area contributed by atoms with E-state index in [1.165, 1.54) is 6.07 Å². The molecule has 0 spiro atoms. The number of nitrogens with one attached hydrogen (secondary N) is 2. The molecule has 2 aromatic rings. The molecular weight excluding hydrogens is 271 g/mol. The molecule has 0 saturated heterocycles. The van der Waals surface area contributed by atoms with E-state index < -0.39 is 11.9 Å². The van der Waals surface area contributed by atoms with Crippen molar-refractivity contribution in [2.24, 2.45) is 0 Å². The smallest absolute Gasteiger partial charge is 0.404 e. The van der Waals surface area contributed by atoms with E-state index in [2.05, 4.69) is 10.3 Å². The van der Waals surface area contributed by atoms with Gasteiger partial charge in [0.05, 0.1) is 0 Å². The van der Waals surface area contributed by atoms with Crippen LogP contribution in [0.5, 0.6) is 0 Å². The third-order valence-electron chi connectivity index (χ3n) is 2.65. The molecule has 1 aromatic carbocycles. The number of aromatic nitrogens is 1. The fourth-order valence-corrected chi connectivity index (χ4v) is 1.92. The van der Waals surface area contributed by atoms with Crippen LogP contribution in [0.25, 0.3) is 11.3 Å². The molecule has 6 heteroatoms. The monoisotopic (exact) mass is 282 g/mol. The van der Waals surface area contributed by atoms with Crippen LogP contribution in [0.2, 0.25) is 5.02 Å². The lowest BCUT2D eigenvalue weighted by atomic mass is 10.1. The summed E-state index contributed by atoms with van der Waals surface area (Å²) >= 11 is 5.69. The molecule has 4 nitrogen and oxygen atoms in total. The number of carboxylic acid groups (broad SMARTS) is 1. The second-order valence-corrected chi connectivity index (χ2v) is 4.46. The van der Waals surface area contributed by atoms with E-state index in [1.54, 1.807) is 24.4 Å². The predicted octanol–water partition coefficient (Wildman–Crippen LogP) is 3.28. The first kappa shape index (κ1) is 13.4. The lowest BCUT2D eigenvalue weighted by Crippen LogP contribution is -2.23. The van der Waals surface area contributed by atoms with Gasteiger partial charge in [0.25, 0.3) is 0 Å². The molecule has 1 aromatic heterocycles. The van der Waals surface area contributed by atoms with Crippen LogP contribution in [-0.2, 0) is 6.42 Å². The summed E-state index contributed by atoms with van der Waals surface area (Å²) in [5, 5.41) is 11.1. The molecule has 0 unspecified atom stereocenters.